The van der Waals surface area contributed by atoms with Crippen molar-refractivity contribution in [1.82, 2.24) is 5.48 Å². The molecule has 0 atom stereocenters. The van der Waals surface area contributed by atoms with E-state index in [0.29, 0.717) is 12.6 Å². The van der Waals surface area contributed by atoms with Crippen LogP contribution in [0.4, 0.5) is 0 Å². The molecule has 0 amide bonds. The van der Waals surface area contributed by atoms with E-state index in [1.807, 2.05) is 30.0 Å². The second kappa shape index (κ2) is 7.62. The highest BCUT2D eigenvalue weighted by molar-refractivity contribution is 7.99. The lowest BCUT2D eigenvalue weighted by Gasteiger charge is -2.25. The summed E-state index contributed by atoms with van der Waals surface area (Å²) in [6.45, 7) is 0.602. The van der Waals surface area contributed by atoms with Crippen LogP contribution in [-0.4, -0.2) is 31.8 Å². The molecule has 19 heavy (non-hydrogen) atoms. The lowest BCUT2D eigenvalue weighted by molar-refractivity contribution is 0.0849. The SMILES string of the molecule is CONCc1cccc(OC)c1OC1CCSCC1. The Bertz CT molecular complexity index is 394. The number of thioether (sulfide) groups is 1. The summed E-state index contributed by atoms with van der Waals surface area (Å²) in [4.78, 5) is 4.91. The van der Waals surface area contributed by atoms with Gasteiger partial charge in [-0.15, -0.1) is 0 Å². The van der Waals surface area contributed by atoms with Gasteiger partial charge in [-0.3, -0.25) is 0 Å². The van der Waals surface area contributed by atoms with Gasteiger partial charge in [-0.1, -0.05) is 12.1 Å². The van der Waals surface area contributed by atoms with Gasteiger partial charge in [0, 0.05) is 12.1 Å². The molecule has 2 rings (SSSR count). The molecule has 1 aliphatic heterocycles. The number of ether oxygens (including phenoxy) is 2. The van der Waals surface area contributed by atoms with E-state index >= 15 is 0 Å². The van der Waals surface area contributed by atoms with Crippen LogP contribution in [0.5, 0.6) is 11.5 Å². The Balaban J connectivity index is 2.14. The van der Waals surface area contributed by atoms with E-state index in [0.717, 1.165) is 29.9 Å². The fourth-order valence-electron chi connectivity index (χ4n) is 2.11. The van der Waals surface area contributed by atoms with Crippen molar-refractivity contribution in [1.29, 1.82) is 0 Å². The zero-order valence-electron chi connectivity index (χ0n) is 11.5. The minimum Gasteiger partial charge on any atom is -0.493 e. The Kier molecular flexibility index (Phi) is 5.82. The average molecular weight is 283 g/mol. The van der Waals surface area contributed by atoms with E-state index in [4.69, 9.17) is 14.3 Å². The fourth-order valence-corrected chi connectivity index (χ4v) is 3.17. The van der Waals surface area contributed by atoms with E-state index in [-0.39, 0.29) is 0 Å². The van der Waals surface area contributed by atoms with Gasteiger partial charge >= 0.3 is 0 Å². The van der Waals surface area contributed by atoms with Gasteiger partial charge in [-0.2, -0.15) is 17.2 Å². The monoisotopic (exact) mass is 283 g/mol. The summed E-state index contributed by atoms with van der Waals surface area (Å²) in [7, 11) is 3.28. The van der Waals surface area contributed by atoms with Crippen LogP contribution in [0.2, 0.25) is 0 Å². The number of methoxy groups -OCH3 is 1. The maximum atomic E-state index is 6.17. The van der Waals surface area contributed by atoms with E-state index < -0.39 is 0 Å². The molecule has 1 aliphatic rings. The smallest absolute Gasteiger partial charge is 0.166 e. The van der Waals surface area contributed by atoms with Crippen LogP contribution in [0.25, 0.3) is 0 Å². The quantitative estimate of drug-likeness (QED) is 0.813. The molecule has 106 valence electrons. The second-order valence-corrected chi connectivity index (χ2v) is 5.63. The summed E-state index contributed by atoms with van der Waals surface area (Å²) in [5, 5.41) is 0. The minimum atomic E-state index is 0.291. The number of hydroxylamine groups is 1. The molecule has 0 saturated carbocycles. The maximum Gasteiger partial charge on any atom is 0.166 e. The van der Waals surface area contributed by atoms with Gasteiger partial charge in [0.05, 0.1) is 14.2 Å². The Morgan fingerprint density at radius 1 is 1.26 bits per heavy atom. The van der Waals surface area contributed by atoms with Crippen molar-refractivity contribution in [3.63, 3.8) is 0 Å². The van der Waals surface area contributed by atoms with Crippen molar-refractivity contribution in [3.8, 4) is 11.5 Å². The first-order valence-corrected chi connectivity index (χ1v) is 7.66. The highest BCUT2D eigenvalue weighted by atomic mass is 32.2. The first-order chi connectivity index (χ1) is 9.35. The van der Waals surface area contributed by atoms with E-state index in [2.05, 4.69) is 5.48 Å². The van der Waals surface area contributed by atoms with Crippen LogP contribution >= 0.6 is 11.8 Å². The average Bonchev–Trinajstić information content (AvgIpc) is 2.47. The largest absolute Gasteiger partial charge is 0.493 e. The molecule has 5 heteroatoms. The zero-order valence-corrected chi connectivity index (χ0v) is 12.3. The topological polar surface area (TPSA) is 39.7 Å². The third-order valence-electron chi connectivity index (χ3n) is 3.14. The van der Waals surface area contributed by atoms with Crippen molar-refractivity contribution in [2.24, 2.45) is 0 Å². The lowest BCUT2D eigenvalue weighted by Crippen LogP contribution is -2.23. The van der Waals surface area contributed by atoms with E-state index in [1.165, 1.54) is 11.5 Å². The molecule has 0 unspecified atom stereocenters. The molecule has 0 aromatic heterocycles. The summed E-state index contributed by atoms with van der Waals surface area (Å²) in [6, 6.07) is 5.93. The molecule has 0 spiro atoms. The third kappa shape index (κ3) is 4.03. The van der Waals surface area contributed by atoms with Gasteiger partial charge in [0.1, 0.15) is 6.10 Å². The third-order valence-corrected chi connectivity index (χ3v) is 4.19. The van der Waals surface area contributed by atoms with Gasteiger partial charge in [0.25, 0.3) is 0 Å². The van der Waals surface area contributed by atoms with Crippen LogP contribution in [0.1, 0.15) is 18.4 Å². The predicted octanol–water partition coefficient (Wildman–Crippen LogP) is 2.62. The Labute approximate surface area is 118 Å². The first-order valence-electron chi connectivity index (χ1n) is 6.51. The normalized spacial score (nSPS) is 16.3. The molecule has 1 heterocycles. The number of hydrogen-bond donors (Lipinski definition) is 1. The molecule has 0 radical (unpaired) electrons. The van der Waals surface area contributed by atoms with Crippen molar-refractivity contribution in [2.45, 2.75) is 25.5 Å². The molecular weight excluding hydrogens is 262 g/mol. The summed E-state index contributed by atoms with van der Waals surface area (Å²) in [5.41, 5.74) is 3.91. The van der Waals surface area contributed by atoms with Gasteiger partial charge in [-0.05, 0) is 30.4 Å². The first kappa shape index (κ1) is 14.5. The Morgan fingerprint density at radius 2 is 2.05 bits per heavy atom. The minimum absolute atomic E-state index is 0.291. The highest BCUT2D eigenvalue weighted by Crippen LogP contribution is 2.34. The van der Waals surface area contributed by atoms with Crippen LogP contribution in [0.3, 0.4) is 0 Å². The molecule has 1 fully saturated rings. The summed E-state index contributed by atoms with van der Waals surface area (Å²) in [5.74, 6) is 3.97. The second-order valence-electron chi connectivity index (χ2n) is 4.40. The fraction of sp³-hybridized carbons (Fsp3) is 0.571. The standard InChI is InChI=1S/C14H21NO3S/c1-16-13-5-3-4-11(10-15-17-2)14(13)18-12-6-8-19-9-7-12/h3-5,12,15H,6-10H2,1-2H3. The Morgan fingerprint density at radius 3 is 2.74 bits per heavy atom. The highest BCUT2D eigenvalue weighted by Gasteiger charge is 2.19. The van der Waals surface area contributed by atoms with E-state index in [1.54, 1.807) is 14.2 Å². The molecule has 1 aromatic rings. The molecule has 1 N–H and O–H groups in total. The van der Waals surface area contributed by atoms with E-state index in [9.17, 15) is 0 Å². The van der Waals surface area contributed by atoms with Crippen molar-refractivity contribution < 1.29 is 14.3 Å². The molecule has 0 bridgehead atoms. The molecular formula is C14H21NO3S. The summed E-state index contributed by atoms with van der Waals surface area (Å²) in [6.07, 6.45) is 2.48. The maximum absolute atomic E-state index is 6.17. The van der Waals surface area contributed by atoms with Crippen molar-refractivity contribution in [2.75, 3.05) is 25.7 Å². The van der Waals surface area contributed by atoms with Gasteiger partial charge in [-0.25, -0.2) is 0 Å². The Hall–Kier alpha value is -0.910. The van der Waals surface area contributed by atoms with Crippen molar-refractivity contribution >= 4 is 11.8 Å². The summed E-state index contributed by atoms with van der Waals surface area (Å²) >= 11 is 1.99. The molecule has 4 nitrogen and oxygen atoms in total. The zero-order chi connectivity index (χ0) is 13.5. The number of hydrogen-bond acceptors (Lipinski definition) is 5. The van der Waals surface area contributed by atoms with Crippen LogP contribution in [0.15, 0.2) is 18.2 Å². The number of benzene rings is 1. The van der Waals surface area contributed by atoms with Crippen molar-refractivity contribution in [3.05, 3.63) is 23.8 Å². The number of para-hydroxylation sites is 1. The van der Waals surface area contributed by atoms with Crippen LogP contribution in [-0.2, 0) is 11.4 Å². The predicted molar refractivity (Wildman–Crippen MR) is 77.8 cm³/mol. The molecule has 0 aliphatic carbocycles. The molecule has 1 saturated heterocycles. The van der Waals surface area contributed by atoms with Crippen LogP contribution in [0, 0.1) is 0 Å². The van der Waals surface area contributed by atoms with Gasteiger partial charge in [0.2, 0.25) is 0 Å². The summed E-state index contributed by atoms with van der Waals surface area (Å²) < 4.78 is 11.6. The number of nitrogens with one attached hydrogen (secondary N) is 1. The molecule has 1 aromatic carbocycles. The van der Waals surface area contributed by atoms with Gasteiger partial charge in [0.15, 0.2) is 11.5 Å². The van der Waals surface area contributed by atoms with Crippen LogP contribution < -0.4 is 15.0 Å². The number of rotatable bonds is 6. The lowest BCUT2D eigenvalue weighted by atomic mass is 10.1. The van der Waals surface area contributed by atoms with Gasteiger partial charge < -0.3 is 14.3 Å².